The van der Waals surface area contributed by atoms with Crippen molar-refractivity contribution in [1.82, 2.24) is 15.2 Å². The molecule has 1 aromatic carbocycles. The van der Waals surface area contributed by atoms with Gasteiger partial charge in [-0.2, -0.15) is 0 Å². The van der Waals surface area contributed by atoms with Crippen LogP contribution in [-0.2, 0) is 16.1 Å². The molecule has 1 aromatic heterocycles. The Labute approximate surface area is 152 Å². The lowest BCUT2D eigenvalue weighted by Gasteiger charge is -2.15. The van der Waals surface area contributed by atoms with Crippen molar-refractivity contribution in [2.75, 3.05) is 6.54 Å². The third-order valence-corrected chi connectivity index (χ3v) is 4.37. The van der Waals surface area contributed by atoms with Gasteiger partial charge in [0.25, 0.3) is 0 Å². The third-order valence-electron chi connectivity index (χ3n) is 3.68. The van der Waals surface area contributed by atoms with Crippen LogP contribution in [0.1, 0.15) is 12.8 Å². The van der Waals surface area contributed by atoms with Gasteiger partial charge in [0.2, 0.25) is 5.91 Å². The maximum atomic E-state index is 12.2. The van der Waals surface area contributed by atoms with E-state index in [1.165, 1.54) is 0 Å². The van der Waals surface area contributed by atoms with E-state index in [0.29, 0.717) is 6.42 Å². The monoisotopic (exact) mass is 410 g/mol. The number of benzene rings is 1. The van der Waals surface area contributed by atoms with Crippen LogP contribution in [0.5, 0.6) is 0 Å². The molecule has 2 rings (SSSR count). The SMILES string of the molecule is NC(=O)NCCC[C@H](NC(=O)Cn1ccc2c(Br)cccc21)C(=O)O. The highest BCUT2D eigenvalue weighted by Gasteiger charge is 2.20. The Hall–Kier alpha value is -2.55. The van der Waals surface area contributed by atoms with Crippen molar-refractivity contribution in [2.24, 2.45) is 5.73 Å². The van der Waals surface area contributed by atoms with Gasteiger partial charge in [-0.15, -0.1) is 0 Å². The summed E-state index contributed by atoms with van der Waals surface area (Å²) in [5, 5.41) is 15.1. The molecule has 3 amide bonds. The molecule has 0 saturated carbocycles. The van der Waals surface area contributed by atoms with Gasteiger partial charge in [0.15, 0.2) is 0 Å². The van der Waals surface area contributed by atoms with E-state index in [4.69, 9.17) is 5.73 Å². The second-order valence-corrected chi connectivity index (χ2v) is 6.36. The first kappa shape index (κ1) is 18.8. The number of halogens is 1. The number of fused-ring (bicyclic) bond motifs is 1. The molecule has 0 aliphatic heterocycles. The van der Waals surface area contributed by atoms with E-state index in [0.717, 1.165) is 15.4 Å². The Bertz CT molecular complexity index is 790. The number of aromatic nitrogens is 1. The van der Waals surface area contributed by atoms with Crippen molar-refractivity contribution in [3.8, 4) is 0 Å². The van der Waals surface area contributed by atoms with Gasteiger partial charge in [-0.05, 0) is 31.0 Å². The number of amides is 3. The molecule has 0 saturated heterocycles. The van der Waals surface area contributed by atoms with Crippen molar-refractivity contribution < 1.29 is 19.5 Å². The largest absolute Gasteiger partial charge is 0.480 e. The Morgan fingerprint density at radius 2 is 2.04 bits per heavy atom. The minimum atomic E-state index is -1.12. The summed E-state index contributed by atoms with van der Waals surface area (Å²) in [6.07, 6.45) is 2.36. The highest BCUT2D eigenvalue weighted by atomic mass is 79.9. The van der Waals surface area contributed by atoms with Crippen LogP contribution >= 0.6 is 15.9 Å². The fraction of sp³-hybridized carbons (Fsp3) is 0.312. The van der Waals surface area contributed by atoms with Gasteiger partial charge in [-0.3, -0.25) is 4.79 Å². The van der Waals surface area contributed by atoms with Crippen molar-refractivity contribution in [1.29, 1.82) is 0 Å². The number of carboxylic acids is 1. The molecule has 0 fully saturated rings. The average molecular weight is 411 g/mol. The van der Waals surface area contributed by atoms with Crippen LogP contribution in [-0.4, -0.2) is 40.2 Å². The number of hydrogen-bond donors (Lipinski definition) is 4. The topological polar surface area (TPSA) is 126 Å². The van der Waals surface area contributed by atoms with Crippen LogP contribution in [0.3, 0.4) is 0 Å². The molecule has 0 unspecified atom stereocenters. The highest BCUT2D eigenvalue weighted by Crippen LogP contribution is 2.24. The van der Waals surface area contributed by atoms with Gasteiger partial charge in [0.05, 0.1) is 0 Å². The molecule has 0 radical (unpaired) electrons. The second kappa shape index (κ2) is 8.52. The number of urea groups is 1. The molecule has 134 valence electrons. The summed E-state index contributed by atoms with van der Waals surface area (Å²) in [7, 11) is 0. The molecule has 0 aliphatic carbocycles. The maximum absolute atomic E-state index is 12.2. The van der Waals surface area contributed by atoms with Crippen molar-refractivity contribution in [3.05, 3.63) is 34.9 Å². The minimum absolute atomic E-state index is 0.0171. The van der Waals surface area contributed by atoms with E-state index < -0.39 is 23.9 Å². The molecule has 1 atom stereocenters. The smallest absolute Gasteiger partial charge is 0.326 e. The zero-order valence-corrected chi connectivity index (χ0v) is 15.0. The first-order valence-electron chi connectivity index (χ1n) is 7.67. The number of rotatable bonds is 8. The minimum Gasteiger partial charge on any atom is -0.480 e. The first-order chi connectivity index (χ1) is 11.9. The van der Waals surface area contributed by atoms with E-state index >= 15 is 0 Å². The number of nitrogens with two attached hydrogens (primary N) is 1. The molecule has 2 aromatic rings. The summed E-state index contributed by atoms with van der Waals surface area (Å²) in [5.41, 5.74) is 5.82. The van der Waals surface area contributed by atoms with Gasteiger partial charge in [-0.1, -0.05) is 22.0 Å². The molecule has 5 N–H and O–H groups in total. The lowest BCUT2D eigenvalue weighted by atomic mass is 10.1. The molecular weight excluding hydrogens is 392 g/mol. The normalized spacial score (nSPS) is 11.9. The van der Waals surface area contributed by atoms with Crippen molar-refractivity contribution in [3.63, 3.8) is 0 Å². The Kier molecular flexibility index (Phi) is 6.40. The number of nitrogens with zero attached hydrogens (tertiary/aromatic N) is 1. The summed E-state index contributed by atoms with van der Waals surface area (Å²) in [4.78, 5) is 34.1. The summed E-state index contributed by atoms with van der Waals surface area (Å²) in [6, 6.07) is 5.87. The van der Waals surface area contributed by atoms with Gasteiger partial charge in [0.1, 0.15) is 12.6 Å². The quantitative estimate of drug-likeness (QED) is 0.490. The molecule has 0 spiro atoms. The Balaban J connectivity index is 1.95. The zero-order valence-electron chi connectivity index (χ0n) is 13.4. The van der Waals surface area contributed by atoms with Gasteiger partial charge in [-0.25, -0.2) is 9.59 Å². The fourth-order valence-electron chi connectivity index (χ4n) is 2.49. The zero-order chi connectivity index (χ0) is 18.4. The van der Waals surface area contributed by atoms with Crippen LogP contribution in [0.2, 0.25) is 0 Å². The Morgan fingerprint density at radius 3 is 2.72 bits per heavy atom. The molecule has 25 heavy (non-hydrogen) atoms. The molecule has 9 heteroatoms. The number of aliphatic carboxylic acids is 1. The third kappa shape index (κ3) is 5.21. The van der Waals surface area contributed by atoms with Crippen molar-refractivity contribution in [2.45, 2.75) is 25.4 Å². The van der Waals surface area contributed by atoms with Crippen molar-refractivity contribution >= 4 is 44.7 Å². The van der Waals surface area contributed by atoms with Crippen LogP contribution < -0.4 is 16.4 Å². The van der Waals surface area contributed by atoms with Gasteiger partial charge < -0.3 is 26.0 Å². The number of primary amides is 1. The maximum Gasteiger partial charge on any atom is 0.326 e. The summed E-state index contributed by atoms with van der Waals surface area (Å²) in [6.45, 7) is 0.272. The van der Waals surface area contributed by atoms with E-state index in [1.54, 1.807) is 10.8 Å². The average Bonchev–Trinajstić information content (AvgIpc) is 2.94. The molecule has 1 heterocycles. The predicted octanol–water partition coefficient (Wildman–Crippen LogP) is 1.42. The summed E-state index contributed by atoms with van der Waals surface area (Å²) >= 11 is 3.45. The van der Waals surface area contributed by atoms with E-state index in [-0.39, 0.29) is 19.5 Å². The number of carboxylic acid groups (broad SMARTS) is 1. The lowest BCUT2D eigenvalue weighted by molar-refractivity contribution is -0.142. The number of hydrogen-bond acceptors (Lipinski definition) is 3. The van der Waals surface area contributed by atoms with E-state index in [9.17, 15) is 19.5 Å². The molecule has 8 nitrogen and oxygen atoms in total. The highest BCUT2D eigenvalue weighted by molar-refractivity contribution is 9.10. The standard InChI is InChI=1S/C16H19BrN4O4/c17-11-3-1-5-13-10(11)6-8-21(13)9-14(22)20-12(15(23)24)4-2-7-19-16(18)25/h1,3,5-6,8,12H,2,4,7,9H2,(H,20,22)(H,23,24)(H3,18,19,25)/t12-/m0/s1. The number of carbonyl (C=O) groups excluding carboxylic acids is 2. The molecule has 0 aliphatic rings. The predicted molar refractivity (Wildman–Crippen MR) is 96.0 cm³/mol. The first-order valence-corrected chi connectivity index (χ1v) is 8.46. The van der Waals surface area contributed by atoms with Crippen LogP contribution in [0.15, 0.2) is 34.9 Å². The number of nitrogens with one attached hydrogen (secondary N) is 2. The van der Waals surface area contributed by atoms with Crippen LogP contribution in [0.4, 0.5) is 4.79 Å². The number of carbonyl (C=O) groups is 3. The van der Waals surface area contributed by atoms with Crippen LogP contribution in [0.25, 0.3) is 10.9 Å². The second-order valence-electron chi connectivity index (χ2n) is 5.51. The Morgan fingerprint density at radius 1 is 1.28 bits per heavy atom. The fourth-order valence-corrected chi connectivity index (χ4v) is 2.98. The van der Waals surface area contributed by atoms with Gasteiger partial charge >= 0.3 is 12.0 Å². The van der Waals surface area contributed by atoms with Crippen LogP contribution in [0, 0.1) is 0 Å². The van der Waals surface area contributed by atoms with Gasteiger partial charge in [0, 0.05) is 28.1 Å². The molecule has 0 bridgehead atoms. The summed E-state index contributed by atoms with van der Waals surface area (Å²) in [5.74, 6) is -1.51. The molecular formula is C16H19BrN4O4. The van der Waals surface area contributed by atoms with E-state index in [2.05, 4.69) is 26.6 Å². The summed E-state index contributed by atoms with van der Waals surface area (Å²) < 4.78 is 2.68. The van der Waals surface area contributed by atoms with E-state index in [1.807, 2.05) is 24.3 Å². The lowest BCUT2D eigenvalue weighted by Crippen LogP contribution is -2.42.